The van der Waals surface area contributed by atoms with E-state index >= 15 is 0 Å². The van der Waals surface area contributed by atoms with E-state index in [2.05, 4.69) is 0 Å². The second kappa shape index (κ2) is 7.75. The maximum Gasteiger partial charge on any atom is 0.158 e. The van der Waals surface area contributed by atoms with E-state index in [9.17, 15) is 15.3 Å². The fourth-order valence-electron chi connectivity index (χ4n) is 1.36. The zero-order valence-corrected chi connectivity index (χ0v) is 10.3. The van der Waals surface area contributed by atoms with Crippen molar-refractivity contribution in [3.63, 3.8) is 0 Å². The van der Waals surface area contributed by atoms with Gasteiger partial charge in [0.25, 0.3) is 0 Å². The molecule has 0 amide bonds. The first-order valence-corrected chi connectivity index (χ1v) is 5.76. The van der Waals surface area contributed by atoms with Crippen LogP contribution in [-0.4, -0.2) is 50.5 Å². The summed E-state index contributed by atoms with van der Waals surface area (Å²) in [5.74, 6) is -0.629. The molecular formula is C13H18O6. The van der Waals surface area contributed by atoms with Gasteiger partial charge >= 0.3 is 0 Å². The highest BCUT2D eigenvalue weighted by atomic mass is 16.5. The molecule has 0 fully saturated rings. The first-order chi connectivity index (χ1) is 9.06. The molecule has 106 valence electrons. The van der Waals surface area contributed by atoms with E-state index in [1.165, 1.54) is 0 Å². The molecule has 6 heteroatoms. The lowest BCUT2D eigenvalue weighted by atomic mass is 10.1. The Bertz CT molecular complexity index is 391. The lowest BCUT2D eigenvalue weighted by Crippen LogP contribution is -2.40. The van der Waals surface area contributed by atoms with Crippen molar-refractivity contribution in [1.29, 1.82) is 0 Å². The summed E-state index contributed by atoms with van der Waals surface area (Å²) in [4.78, 5) is 0. The van der Waals surface area contributed by atoms with E-state index in [-0.39, 0.29) is 6.61 Å². The Morgan fingerprint density at radius 3 is 2.37 bits per heavy atom. The topological polar surface area (TPSA) is 110 Å². The number of hydrogen-bond acceptors (Lipinski definition) is 6. The number of hydrogen-bond donors (Lipinski definition) is 5. The molecule has 1 aromatic carbocycles. The first kappa shape index (κ1) is 15.5. The predicted molar refractivity (Wildman–Crippen MR) is 67.0 cm³/mol. The van der Waals surface area contributed by atoms with Gasteiger partial charge in [0.1, 0.15) is 31.2 Å². The maximum absolute atomic E-state index is 9.47. The molecule has 0 radical (unpaired) electrons. The molecule has 6 nitrogen and oxygen atoms in total. The van der Waals surface area contributed by atoms with Crippen molar-refractivity contribution in [2.24, 2.45) is 0 Å². The van der Waals surface area contributed by atoms with E-state index in [0.29, 0.717) is 0 Å². The zero-order valence-electron chi connectivity index (χ0n) is 10.3. The van der Waals surface area contributed by atoms with Gasteiger partial charge in [0, 0.05) is 0 Å². The highest BCUT2D eigenvalue weighted by Gasteiger charge is 2.27. The van der Waals surface area contributed by atoms with Crippen LogP contribution in [0.4, 0.5) is 0 Å². The highest BCUT2D eigenvalue weighted by Crippen LogP contribution is 2.09. The molecule has 1 aromatic rings. The molecule has 19 heavy (non-hydrogen) atoms. The van der Waals surface area contributed by atoms with Crippen LogP contribution in [0.5, 0.6) is 0 Å². The largest absolute Gasteiger partial charge is 0.506 e. The molecule has 0 aliphatic rings. The molecule has 0 saturated heterocycles. The fraction of sp³-hybridized carbons (Fsp3) is 0.385. The third kappa shape index (κ3) is 4.88. The first-order valence-electron chi connectivity index (χ1n) is 5.76. The van der Waals surface area contributed by atoms with Crippen LogP contribution >= 0.6 is 0 Å². The second-order valence-electron chi connectivity index (χ2n) is 4.02. The number of rotatable bonds is 7. The lowest BCUT2D eigenvalue weighted by molar-refractivity contribution is -0.0755. The van der Waals surface area contributed by atoms with E-state index in [0.717, 1.165) is 11.8 Å². The molecule has 0 unspecified atom stereocenters. The quantitative estimate of drug-likeness (QED) is 0.434. The SMILES string of the molecule is OC[C@@H](O)[C@@H](O)[C@H](O)/C(O)=C/OCc1ccccc1. The molecule has 0 aromatic heterocycles. The summed E-state index contributed by atoms with van der Waals surface area (Å²) in [6, 6.07) is 9.17. The van der Waals surface area contributed by atoms with Crippen LogP contribution in [-0.2, 0) is 11.3 Å². The number of aliphatic hydroxyl groups is 5. The van der Waals surface area contributed by atoms with Gasteiger partial charge in [-0.3, -0.25) is 0 Å². The Kier molecular flexibility index (Phi) is 6.31. The third-order valence-electron chi connectivity index (χ3n) is 2.50. The molecule has 0 bridgehead atoms. The van der Waals surface area contributed by atoms with Gasteiger partial charge in [-0.25, -0.2) is 0 Å². The van der Waals surface area contributed by atoms with E-state index < -0.39 is 30.7 Å². The molecular weight excluding hydrogens is 252 g/mol. The molecule has 5 N–H and O–H groups in total. The van der Waals surface area contributed by atoms with Crippen LogP contribution in [0.25, 0.3) is 0 Å². The van der Waals surface area contributed by atoms with Crippen molar-refractivity contribution < 1.29 is 30.3 Å². The van der Waals surface area contributed by atoms with Crippen LogP contribution in [0, 0.1) is 0 Å². The summed E-state index contributed by atoms with van der Waals surface area (Å²) in [5, 5.41) is 46.0. The lowest BCUT2D eigenvalue weighted by Gasteiger charge is -2.20. The van der Waals surface area contributed by atoms with Gasteiger partial charge in [-0.15, -0.1) is 0 Å². The minimum absolute atomic E-state index is 0.191. The monoisotopic (exact) mass is 270 g/mol. The highest BCUT2D eigenvalue weighted by molar-refractivity contribution is 5.13. The molecule has 0 aliphatic carbocycles. The Morgan fingerprint density at radius 1 is 1.16 bits per heavy atom. The van der Waals surface area contributed by atoms with Crippen molar-refractivity contribution in [1.82, 2.24) is 0 Å². The van der Waals surface area contributed by atoms with Crippen molar-refractivity contribution >= 4 is 0 Å². The van der Waals surface area contributed by atoms with Crippen molar-refractivity contribution in [2.45, 2.75) is 24.9 Å². The van der Waals surface area contributed by atoms with Gasteiger partial charge < -0.3 is 30.3 Å². The van der Waals surface area contributed by atoms with Crippen molar-refractivity contribution in [3.05, 3.63) is 47.9 Å². The molecule has 1 rings (SSSR count). The zero-order chi connectivity index (χ0) is 14.3. The van der Waals surface area contributed by atoms with Crippen LogP contribution in [0.2, 0.25) is 0 Å². The molecule has 3 atom stereocenters. The Morgan fingerprint density at radius 2 is 1.79 bits per heavy atom. The predicted octanol–water partition coefficient (Wildman–Crippen LogP) is -0.322. The van der Waals surface area contributed by atoms with Gasteiger partial charge in [0.15, 0.2) is 5.76 Å². The van der Waals surface area contributed by atoms with E-state index in [1.54, 1.807) is 0 Å². The van der Waals surface area contributed by atoms with Gasteiger partial charge in [-0.05, 0) is 5.56 Å². The van der Waals surface area contributed by atoms with Gasteiger partial charge in [-0.2, -0.15) is 0 Å². The molecule has 0 saturated carbocycles. The summed E-state index contributed by atoms with van der Waals surface area (Å²) in [6.07, 6.45) is -4.07. The molecule has 0 spiro atoms. The molecule has 0 aliphatic heterocycles. The Hall–Kier alpha value is -1.60. The standard InChI is InChI=1S/C13H18O6/c14-6-10(15)12(17)13(18)11(16)8-19-7-9-4-2-1-3-5-9/h1-5,8,10,12-18H,6-7H2/b11-8-/t10-,12-,13-/m1/s1. The van der Waals surface area contributed by atoms with Gasteiger partial charge in [0.2, 0.25) is 0 Å². The van der Waals surface area contributed by atoms with Crippen LogP contribution in [0.1, 0.15) is 5.56 Å². The Labute approximate surface area is 110 Å². The average Bonchev–Trinajstić information content (AvgIpc) is 2.45. The number of benzene rings is 1. The minimum Gasteiger partial charge on any atom is -0.506 e. The summed E-state index contributed by atoms with van der Waals surface area (Å²) < 4.78 is 5.04. The van der Waals surface area contributed by atoms with Crippen LogP contribution in [0.15, 0.2) is 42.4 Å². The molecule has 0 heterocycles. The number of aliphatic hydroxyl groups excluding tert-OH is 5. The number of ether oxygens (including phenoxy) is 1. The van der Waals surface area contributed by atoms with Crippen molar-refractivity contribution in [2.75, 3.05) is 6.61 Å². The normalized spacial score (nSPS) is 16.7. The average molecular weight is 270 g/mol. The fourth-order valence-corrected chi connectivity index (χ4v) is 1.36. The van der Waals surface area contributed by atoms with Crippen LogP contribution < -0.4 is 0 Å². The Balaban J connectivity index is 2.48. The minimum atomic E-state index is -1.72. The van der Waals surface area contributed by atoms with Crippen LogP contribution in [0.3, 0.4) is 0 Å². The van der Waals surface area contributed by atoms with Crippen molar-refractivity contribution in [3.8, 4) is 0 Å². The summed E-state index contributed by atoms with van der Waals surface area (Å²) in [6.45, 7) is -0.535. The van der Waals surface area contributed by atoms with Gasteiger partial charge in [0.05, 0.1) is 6.61 Å². The maximum atomic E-state index is 9.47. The summed E-state index contributed by atoms with van der Waals surface area (Å²) >= 11 is 0. The summed E-state index contributed by atoms with van der Waals surface area (Å²) in [5.41, 5.74) is 0.872. The van der Waals surface area contributed by atoms with Gasteiger partial charge in [-0.1, -0.05) is 30.3 Å². The van der Waals surface area contributed by atoms with E-state index in [4.69, 9.17) is 14.9 Å². The van der Waals surface area contributed by atoms with E-state index in [1.807, 2.05) is 30.3 Å². The third-order valence-corrected chi connectivity index (χ3v) is 2.50. The second-order valence-corrected chi connectivity index (χ2v) is 4.02. The smallest absolute Gasteiger partial charge is 0.158 e. The summed E-state index contributed by atoms with van der Waals surface area (Å²) in [7, 11) is 0.